The van der Waals surface area contributed by atoms with E-state index in [1.165, 1.54) is 12.1 Å². The Morgan fingerprint density at radius 2 is 2.00 bits per heavy atom. The van der Waals surface area contributed by atoms with Gasteiger partial charge in [-0.25, -0.2) is 4.39 Å². The lowest BCUT2D eigenvalue weighted by molar-refractivity contribution is -0.136. The summed E-state index contributed by atoms with van der Waals surface area (Å²) < 4.78 is 50.2. The minimum atomic E-state index is -4.24. The van der Waals surface area contributed by atoms with Gasteiger partial charge >= 0.3 is 6.18 Å². The van der Waals surface area contributed by atoms with Crippen molar-refractivity contribution in [2.75, 3.05) is 6.54 Å². The first kappa shape index (κ1) is 15.2. The summed E-state index contributed by atoms with van der Waals surface area (Å²) in [6.07, 6.45) is -5.39. The average Bonchev–Trinajstić information content (AvgIpc) is 2.24. The van der Waals surface area contributed by atoms with E-state index in [2.05, 4.69) is 5.32 Å². The standard InChI is InChI=1S/C12H14ClF4N/c1-2-18-11(5-6-12(15,16)17)9-4-3-8(13)7-10(9)14/h3-4,7,11,18H,2,5-6H2,1H3. The molecule has 1 nitrogen and oxygen atoms in total. The van der Waals surface area contributed by atoms with Gasteiger partial charge in [-0.1, -0.05) is 24.6 Å². The van der Waals surface area contributed by atoms with Gasteiger partial charge in [0.1, 0.15) is 5.82 Å². The summed E-state index contributed by atoms with van der Waals surface area (Å²) in [5.41, 5.74) is 0.213. The van der Waals surface area contributed by atoms with Crippen molar-refractivity contribution in [3.05, 3.63) is 34.6 Å². The van der Waals surface area contributed by atoms with E-state index in [0.29, 0.717) is 6.54 Å². The van der Waals surface area contributed by atoms with Gasteiger partial charge in [-0.2, -0.15) is 13.2 Å². The lowest BCUT2D eigenvalue weighted by Gasteiger charge is -2.20. The average molecular weight is 284 g/mol. The molecule has 0 aromatic heterocycles. The normalized spacial score (nSPS) is 13.7. The molecule has 6 heteroatoms. The molecule has 0 fully saturated rings. The first-order valence-corrected chi connectivity index (χ1v) is 5.96. The third-order valence-corrected chi connectivity index (χ3v) is 2.74. The van der Waals surface area contributed by atoms with Gasteiger partial charge in [0.25, 0.3) is 0 Å². The summed E-state index contributed by atoms with van der Waals surface area (Å²) in [5.74, 6) is -0.587. The van der Waals surface area contributed by atoms with Gasteiger partial charge in [0.15, 0.2) is 0 Å². The van der Waals surface area contributed by atoms with Gasteiger partial charge in [-0.3, -0.25) is 0 Å². The maximum absolute atomic E-state index is 13.6. The Balaban J connectivity index is 2.83. The molecule has 1 aromatic rings. The SMILES string of the molecule is CCNC(CCC(F)(F)F)c1ccc(Cl)cc1F. The van der Waals surface area contributed by atoms with E-state index in [9.17, 15) is 17.6 Å². The molecule has 0 spiro atoms. The smallest absolute Gasteiger partial charge is 0.310 e. The molecule has 0 saturated carbocycles. The van der Waals surface area contributed by atoms with Crippen molar-refractivity contribution in [1.82, 2.24) is 5.32 Å². The Labute approximate surface area is 108 Å². The quantitative estimate of drug-likeness (QED) is 0.786. The lowest BCUT2D eigenvalue weighted by atomic mass is 10.0. The molecule has 0 aliphatic rings. The van der Waals surface area contributed by atoms with E-state index in [1.807, 2.05) is 0 Å². The summed E-state index contributed by atoms with van der Waals surface area (Å²) in [6.45, 7) is 2.22. The second kappa shape index (κ2) is 6.38. The van der Waals surface area contributed by atoms with Crippen LogP contribution in [0.1, 0.15) is 31.4 Å². The molecule has 1 N–H and O–H groups in total. The van der Waals surface area contributed by atoms with Crippen LogP contribution in [-0.4, -0.2) is 12.7 Å². The second-order valence-electron chi connectivity index (χ2n) is 3.93. The number of benzene rings is 1. The van der Waals surface area contributed by atoms with E-state index in [1.54, 1.807) is 6.92 Å². The van der Waals surface area contributed by atoms with Crippen molar-refractivity contribution in [3.8, 4) is 0 Å². The van der Waals surface area contributed by atoms with Gasteiger partial charge in [0.05, 0.1) is 0 Å². The van der Waals surface area contributed by atoms with Gasteiger partial charge in [-0.05, 0) is 25.1 Å². The van der Waals surface area contributed by atoms with Gasteiger partial charge in [0.2, 0.25) is 0 Å². The van der Waals surface area contributed by atoms with Gasteiger partial charge in [-0.15, -0.1) is 0 Å². The van der Waals surface area contributed by atoms with E-state index in [4.69, 9.17) is 11.6 Å². The third-order valence-electron chi connectivity index (χ3n) is 2.50. The third kappa shape index (κ3) is 4.82. The molecule has 1 atom stereocenters. The highest BCUT2D eigenvalue weighted by atomic mass is 35.5. The van der Waals surface area contributed by atoms with Crippen molar-refractivity contribution in [2.24, 2.45) is 0 Å². The minimum absolute atomic E-state index is 0.199. The number of halogens is 5. The van der Waals surface area contributed by atoms with Crippen molar-refractivity contribution in [2.45, 2.75) is 32.0 Å². The first-order chi connectivity index (χ1) is 8.33. The van der Waals surface area contributed by atoms with Crippen LogP contribution in [0.4, 0.5) is 17.6 Å². The monoisotopic (exact) mass is 283 g/mol. The molecule has 0 aliphatic heterocycles. The summed E-state index contributed by atoms with van der Waals surface area (Å²) in [4.78, 5) is 0. The van der Waals surface area contributed by atoms with Crippen LogP contribution in [0.2, 0.25) is 5.02 Å². The fourth-order valence-corrected chi connectivity index (χ4v) is 1.86. The summed E-state index contributed by atoms with van der Waals surface area (Å²) in [6, 6.07) is 3.34. The molecular weight excluding hydrogens is 270 g/mol. The van der Waals surface area contributed by atoms with Crippen LogP contribution in [-0.2, 0) is 0 Å². The molecule has 1 unspecified atom stereocenters. The van der Waals surface area contributed by atoms with E-state index in [0.717, 1.165) is 6.07 Å². The molecule has 0 amide bonds. The van der Waals surface area contributed by atoms with Crippen molar-refractivity contribution < 1.29 is 17.6 Å². The highest BCUT2D eigenvalue weighted by Gasteiger charge is 2.29. The fraction of sp³-hybridized carbons (Fsp3) is 0.500. The zero-order valence-corrected chi connectivity index (χ0v) is 10.6. The molecule has 0 aliphatic carbocycles. The minimum Gasteiger partial charge on any atom is -0.310 e. The van der Waals surface area contributed by atoms with Gasteiger partial charge in [0, 0.05) is 23.0 Å². The Kier molecular flexibility index (Phi) is 5.41. The van der Waals surface area contributed by atoms with Crippen LogP contribution < -0.4 is 5.32 Å². The van der Waals surface area contributed by atoms with Crippen molar-refractivity contribution >= 4 is 11.6 Å². The molecule has 18 heavy (non-hydrogen) atoms. The predicted molar refractivity (Wildman–Crippen MR) is 63.1 cm³/mol. The van der Waals surface area contributed by atoms with Crippen molar-refractivity contribution in [3.63, 3.8) is 0 Å². The Hall–Kier alpha value is -0.810. The lowest BCUT2D eigenvalue weighted by Crippen LogP contribution is -2.24. The van der Waals surface area contributed by atoms with Gasteiger partial charge < -0.3 is 5.32 Å². The largest absolute Gasteiger partial charge is 0.389 e. The second-order valence-corrected chi connectivity index (χ2v) is 4.37. The maximum atomic E-state index is 13.6. The maximum Gasteiger partial charge on any atom is 0.389 e. The number of hydrogen-bond acceptors (Lipinski definition) is 1. The first-order valence-electron chi connectivity index (χ1n) is 5.58. The highest BCUT2D eigenvalue weighted by Crippen LogP contribution is 2.29. The van der Waals surface area contributed by atoms with Crippen molar-refractivity contribution in [1.29, 1.82) is 0 Å². The van der Waals surface area contributed by atoms with Crippen LogP contribution >= 0.6 is 11.6 Å². The molecular formula is C12H14ClF4N. The zero-order valence-electron chi connectivity index (χ0n) is 9.82. The molecule has 0 heterocycles. The van der Waals surface area contributed by atoms with E-state index in [-0.39, 0.29) is 17.0 Å². The molecule has 0 radical (unpaired) electrons. The molecule has 102 valence electrons. The highest BCUT2D eigenvalue weighted by molar-refractivity contribution is 6.30. The molecule has 1 rings (SSSR count). The van der Waals surface area contributed by atoms with Crippen LogP contribution in [0.3, 0.4) is 0 Å². The zero-order chi connectivity index (χ0) is 13.8. The Morgan fingerprint density at radius 1 is 1.33 bits per heavy atom. The fourth-order valence-electron chi connectivity index (χ4n) is 1.71. The molecule has 0 bridgehead atoms. The number of hydrogen-bond donors (Lipinski definition) is 1. The van der Waals surface area contributed by atoms with Crippen LogP contribution in [0.15, 0.2) is 18.2 Å². The molecule has 0 saturated heterocycles. The Bertz CT molecular complexity index is 392. The van der Waals surface area contributed by atoms with E-state index < -0.39 is 24.5 Å². The van der Waals surface area contributed by atoms with Crippen LogP contribution in [0, 0.1) is 5.82 Å². The number of rotatable bonds is 5. The summed E-state index contributed by atoms with van der Waals surface area (Å²) in [5, 5.41) is 3.07. The summed E-state index contributed by atoms with van der Waals surface area (Å²) >= 11 is 5.61. The number of nitrogens with one attached hydrogen (secondary N) is 1. The van der Waals surface area contributed by atoms with E-state index >= 15 is 0 Å². The topological polar surface area (TPSA) is 12.0 Å². The van der Waals surface area contributed by atoms with Crippen LogP contribution in [0.25, 0.3) is 0 Å². The summed E-state index contributed by atoms with van der Waals surface area (Å²) in [7, 11) is 0. The van der Waals surface area contributed by atoms with Crippen LogP contribution in [0.5, 0.6) is 0 Å². The predicted octanol–water partition coefficient (Wildman–Crippen LogP) is 4.47. The molecule has 1 aromatic carbocycles. The number of alkyl halides is 3. The Morgan fingerprint density at radius 3 is 2.50 bits per heavy atom.